The van der Waals surface area contributed by atoms with E-state index in [1.165, 1.54) is 6.92 Å². The first-order chi connectivity index (χ1) is 11.1. The standard InChI is InChI=1S/C6H14N2.C5H11N.C4H10N2.C2H6N2O/c1-6(7(2)3)8(4)5;1-5(2)6(3)4;1-3(2)4(5)6;1-2(3)4-5/h1H2,2-5H3;1H2,2-4H3;3H,1-2H3,(H3,5,6);5H,1H3,(H2,3,4). The molecule has 0 radical (unpaired) electrons. The van der Waals surface area contributed by atoms with Crippen LogP contribution >= 0.6 is 0 Å². The van der Waals surface area contributed by atoms with Gasteiger partial charge in [-0.05, 0) is 13.8 Å². The quantitative estimate of drug-likeness (QED) is 0.264. The molecule has 8 heteroatoms. The second kappa shape index (κ2) is 18.0. The molecule has 0 aliphatic heterocycles. The summed E-state index contributed by atoms with van der Waals surface area (Å²) in [5.74, 6) is 1.68. The van der Waals surface area contributed by atoms with Gasteiger partial charge in [-0.3, -0.25) is 5.41 Å². The fourth-order valence-electron chi connectivity index (χ4n) is 0.400. The molecule has 0 aromatic carbocycles. The number of allylic oxidation sites excluding steroid dienone is 1. The van der Waals surface area contributed by atoms with Crippen LogP contribution in [0.1, 0.15) is 27.7 Å². The fraction of sp³-hybridized carbons (Fsp3) is 0.647. The molecular weight excluding hydrogens is 318 g/mol. The largest absolute Gasteiger partial charge is 0.409 e. The van der Waals surface area contributed by atoms with Crippen LogP contribution in [0.2, 0.25) is 0 Å². The first-order valence-corrected chi connectivity index (χ1v) is 7.76. The van der Waals surface area contributed by atoms with Crippen molar-refractivity contribution in [3.05, 3.63) is 24.7 Å². The third-order valence-electron chi connectivity index (χ3n) is 2.58. The zero-order valence-electron chi connectivity index (χ0n) is 17.9. The minimum Gasteiger partial charge on any atom is -0.409 e. The molecule has 0 spiro atoms. The van der Waals surface area contributed by atoms with Crippen LogP contribution in [-0.2, 0) is 0 Å². The van der Waals surface area contributed by atoms with Gasteiger partial charge in [-0.25, -0.2) is 0 Å². The van der Waals surface area contributed by atoms with Gasteiger partial charge in [-0.1, -0.05) is 32.2 Å². The highest BCUT2D eigenvalue weighted by Gasteiger charge is 1.94. The van der Waals surface area contributed by atoms with E-state index in [-0.39, 0.29) is 17.6 Å². The van der Waals surface area contributed by atoms with Crippen LogP contribution < -0.4 is 11.5 Å². The number of hydrogen-bond acceptors (Lipinski definition) is 6. The van der Waals surface area contributed by atoms with E-state index in [4.69, 9.17) is 22.1 Å². The molecule has 0 unspecified atom stereocenters. The van der Waals surface area contributed by atoms with Crippen molar-refractivity contribution in [2.45, 2.75) is 27.7 Å². The maximum absolute atomic E-state index is 7.61. The molecule has 0 heterocycles. The Kier molecular flexibility index (Phi) is 21.9. The Morgan fingerprint density at radius 3 is 1.12 bits per heavy atom. The predicted octanol–water partition coefficient (Wildman–Crippen LogP) is 1.99. The molecule has 0 atom stereocenters. The number of nitrogens with two attached hydrogens (primary N) is 2. The summed E-state index contributed by atoms with van der Waals surface area (Å²) < 4.78 is 0. The predicted molar refractivity (Wildman–Crippen MR) is 111 cm³/mol. The number of nitrogens with zero attached hydrogens (tertiary/aromatic N) is 4. The van der Waals surface area contributed by atoms with Gasteiger partial charge in [0.15, 0.2) is 0 Å². The smallest absolute Gasteiger partial charge is 0.135 e. The summed E-state index contributed by atoms with van der Waals surface area (Å²) in [4.78, 5) is 5.92. The maximum Gasteiger partial charge on any atom is 0.135 e. The van der Waals surface area contributed by atoms with E-state index < -0.39 is 0 Å². The number of amidine groups is 2. The lowest BCUT2D eigenvalue weighted by molar-refractivity contribution is 0.318. The van der Waals surface area contributed by atoms with Crippen molar-refractivity contribution < 1.29 is 5.21 Å². The molecule has 0 fully saturated rings. The first kappa shape index (κ1) is 30.5. The van der Waals surface area contributed by atoms with Crippen molar-refractivity contribution in [1.82, 2.24) is 14.7 Å². The van der Waals surface area contributed by atoms with Crippen LogP contribution in [0, 0.1) is 11.3 Å². The fourth-order valence-corrected chi connectivity index (χ4v) is 0.400. The van der Waals surface area contributed by atoms with Gasteiger partial charge in [0.25, 0.3) is 0 Å². The van der Waals surface area contributed by atoms with Crippen LogP contribution in [0.3, 0.4) is 0 Å². The normalized spacial score (nSPS) is 9.16. The van der Waals surface area contributed by atoms with E-state index in [9.17, 15) is 0 Å². The van der Waals surface area contributed by atoms with Crippen molar-refractivity contribution in [3.8, 4) is 0 Å². The van der Waals surface area contributed by atoms with Gasteiger partial charge in [0.05, 0.1) is 11.7 Å². The molecule has 150 valence electrons. The van der Waals surface area contributed by atoms with Gasteiger partial charge in [0, 0.05) is 53.9 Å². The van der Waals surface area contributed by atoms with Crippen molar-refractivity contribution in [3.63, 3.8) is 0 Å². The summed E-state index contributed by atoms with van der Waals surface area (Å²) in [6.07, 6.45) is 0. The van der Waals surface area contributed by atoms with Crippen LogP contribution in [0.15, 0.2) is 29.8 Å². The third kappa shape index (κ3) is 34.1. The zero-order chi connectivity index (χ0) is 21.3. The number of nitrogens with one attached hydrogen (secondary N) is 1. The molecule has 25 heavy (non-hydrogen) atoms. The van der Waals surface area contributed by atoms with Gasteiger partial charge in [0.2, 0.25) is 0 Å². The minimum absolute atomic E-state index is 0.185. The summed E-state index contributed by atoms with van der Waals surface area (Å²) in [5.41, 5.74) is 10.9. The van der Waals surface area contributed by atoms with Gasteiger partial charge >= 0.3 is 0 Å². The van der Waals surface area contributed by atoms with Crippen molar-refractivity contribution in [1.29, 1.82) is 5.41 Å². The van der Waals surface area contributed by atoms with E-state index in [1.807, 2.05) is 77.8 Å². The van der Waals surface area contributed by atoms with Crippen molar-refractivity contribution in [2.24, 2.45) is 22.5 Å². The van der Waals surface area contributed by atoms with Crippen LogP contribution in [0.25, 0.3) is 0 Å². The Morgan fingerprint density at radius 2 is 1.12 bits per heavy atom. The van der Waals surface area contributed by atoms with Crippen LogP contribution in [0.4, 0.5) is 0 Å². The van der Waals surface area contributed by atoms with Gasteiger partial charge in [-0.15, -0.1) is 0 Å². The minimum atomic E-state index is 0.185. The zero-order valence-corrected chi connectivity index (χ0v) is 17.9. The van der Waals surface area contributed by atoms with E-state index in [0.717, 1.165) is 11.5 Å². The highest BCUT2D eigenvalue weighted by atomic mass is 16.4. The van der Waals surface area contributed by atoms with Crippen LogP contribution in [-0.4, -0.2) is 73.9 Å². The van der Waals surface area contributed by atoms with E-state index >= 15 is 0 Å². The molecule has 0 aromatic heterocycles. The Morgan fingerprint density at radius 1 is 0.920 bits per heavy atom. The highest BCUT2D eigenvalue weighted by Crippen LogP contribution is 1.95. The van der Waals surface area contributed by atoms with Gasteiger partial charge in [0.1, 0.15) is 5.84 Å². The van der Waals surface area contributed by atoms with E-state index in [0.29, 0.717) is 0 Å². The number of rotatable bonds is 4. The SMILES string of the molecule is C/C(N)=N/O.C=C(C)N(C)C.C=C(N(C)C)N(C)C.CC(C)C(=N)N. The Balaban J connectivity index is -0.000000119. The summed E-state index contributed by atoms with van der Waals surface area (Å²) in [7, 11) is 11.8. The Hall–Kier alpha value is -2.38. The second-order valence-corrected chi connectivity index (χ2v) is 6.19. The second-order valence-electron chi connectivity index (χ2n) is 6.19. The topological polar surface area (TPSA) is 118 Å². The lowest BCUT2D eigenvalue weighted by atomic mass is 10.2. The Labute approximate surface area is 155 Å². The molecule has 0 aliphatic rings. The molecule has 0 rings (SSSR count). The Bertz CT molecular complexity index is 368. The summed E-state index contributed by atoms with van der Waals surface area (Å²) in [6, 6.07) is 0. The molecule has 0 saturated heterocycles. The maximum atomic E-state index is 7.61. The van der Waals surface area contributed by atoms with Gasteiger partial charge in [-0.2, -0.15) is 0 Å². The number of oxime groups is 1. The molecule has 0 aromatic rings. The molecular formula is C17H41N7O. The molecule has 0 aliphatic carbocycles. The highest BCUT2D eigenvalue weighted by molar-refractivity contribution is 5.78. The lowest BCUT2D eigenvalue weighted by Gasteiger charge is -2.22. The average molecular weight is 360 g/mol. The molecule has 0 saturated carbocycles. The molecule has 0 bridgehead atoms. The number of hydrogen-bond donors (Lipinski definition) is 4. The van der Waals surface area contributed by atoms with E-state index in [1.54, 1.807) is 0 Å². The van der Waals surface area contributed by atoms with Crippen molar-refractivity contribution in [2.75, 3.05) is 42.3 Å². The van der Waals surface area contributed by atoms with Crippen LogP contribution in [0.5, 0.6) is 0 Å². The lowest BCUT2D eigenvalue weighted by Crippen LogP contribution is -2.23. The van der Waals surface area contributed by atoms with Crippen molar-refractivity contribution >= 4 is 11.7 Å². The summed E-state index contributed by atoms with van der Waals surface area (Å²) in [5, 5.41) is 16.9. The monoisotopic (exact) mass is 359 g/mol. The summed E-state index contributed by atoms with van der Waals surface area (Å²) in [6.45, 7) is 14.7. The third-order valence-corrected chi connectivity index (χ3v) is 2.58. The van der Waals surface area contributed by atoms with E-state index in [2.05, 4.69) is 18.3 Å². The molecule has 8 nitrogen and oxygen atoms in total. The average Bonchev–Trinajstić information content (AvgIpc) is 2.47. The summed E-state index contributed by atoms with van der Waals surface area (Å²) >= 11 is 0. The molecule has 0 amide bonds. The van der Waals surface area contributed by atoms with Gasteiger partial charge < -0.3 is 31.4 Å². The first-order valence-electron chi connectivity index (χ1n) is 7.76. The molecule has 6 N–H and O–H groups in total.